The van der Waals surface area contributed by atoms with Gasteiger partial charge in [0.15, 0.2) is 0 Å². The van der Waals surface area contributed by atoms with Crippen LogP contribution in [0.3, 0.4) is 0 Å². The van der Waals surface area contributed by atoms with Gasteiger partial charge in [0, 0.05) is 28.3 Å². The summed E-state index contributed by atoms with van der Waals surface area (Å²) in [6.45, 7) is 2.04. The molecule has 0 saturated heterocycles. The molecule has 1 aromatic heterocycles. The number of carbonyl (C=O) groups excluding carboxylic acids is 1. The summed E-state index contributed by atoms with van der Waals surface area (Å²) in [6, 6.07) is 25.2. The lowest BCUT2D eigenvalue weighted by atomic mass is 10.2. The molecule has 32 heavy (non-hydrogen) atoms. The fourth-order valence-corrected chi connectivity index (χ4v) is 3.79. The van der Waals surface area contributed by atoms with Crippen LogP contribution in [0.2, 0.25) is 0 Å². The fraction of sp³-hybridized carbons (Fsp3) is 0.0800. The van der Waals surface area contributed by atoms with E-state index in [0.717, 1.165) is 4.90 Å². The summed E-state index contributed by atoms with van der Waals surface area (Å²) in [5.41, 5.74) is 2.63. The number of aryl methyl sites for hydroxylation is 1. The number of carbonyl (C=O) groups is 1. The van der Waals surface area contributed by atoms with Gasteiger partial charge in [0.2, 0.25) is 0 Å². The Balaban J connectivity index is 1.52. The van der Waals surface area contributed by atoms with Crippen molar-refractivity contribution >= 4 is 23.4 Å². The largest absolute Gasteiger partial charge is 0.497 e. The molecule has 1 heterocycles. The van der Waals surface area contributed by atoms with E-state index < -0.39 is 0 Å². The van der Waals surface area contributed by atoms with Gasteiger partial charge in [-0.2, -0.15) is 9.78 Å². The predicted octanol–water partition coefficient (Wildman–Crippen LogP) is 4.95. The number of ether oxygens (including phenoxy) is 1. The molecule has 3 aromatic carbocycles. The Labute approximate surface area is 189 Å². The van der Waals surface area contributed by atoms with Gasteiger partial charge in [-0.05, 0) is 61.5 Å². The van der Waals surface area contributed by atoms with E-state index in [1.807, 2.05) is 31.2 Å². The Morgan fingerprint density at radius 2 is 1.72 bits per heavy atom. The van der Waals surface area contributed by atoms with Gasteiger partial charge in [0.25, 0.3) is 11.5 Å². The Kier molecular flexibility index (Phi) is 6.37. The number of methoxy groups -OCH3 is 1. The summed E-state index contributed by atoms with van der Waals surface area (Å²) in [4.78, 5) is 26.0. The van der Waals surface area contributed by atoms with E-state index in [9.17, 15) is 9.59 Å². The van der Waals surface area contributed by atoms with Crippen molar-refractivity contribution in [3.8, 4) is 11.4 Å². The highest BCUT2D eigenvalue weighted by Gasteiger charge is 2.09. The molecule has 0 radical (unpaired) electrons. The highest BCUT2D eigenvalue weighted by atomic mass is 32.2. The minimum Gasteiger partial charge on any atom is -0.497 e. The third-order valence-corrected chi connectivity index (χ3v) is 5.66. The molecule has 0 fully saturated rings. The molecule has 0 aliphatic rings. The van der Waals surface area contributed by atoms with Crippen LogP contribution < -0.4 is 15.6 Å². The maximum absolute atomic E-state index is 12.6. The van der Waals surface area contributed by atoms with Crippen molar-refractivity contribution in [1.29, 1.82) is 0 Å². The van der Waals surface area contributed by atoms with Crippen LogP contribution in [0.15, 0.2) is 99.6 Å². The standard InChI is InChI=1S/C25H21N3O3S/c1-17-6-12-22(13-7-17)32-23-14-15-24(29)28(27-23)20-10-8-18(9-11-20)25(30)26-19-4-3-5-21(16-19)31-2/h3-16H,1-2H3,(H,26,30). The zero-order valence-electron chi connectivity index (χ0n) is 17.6. The van der Waals surface area contributed by atoms with Crippen molar-refractivity contribution in [1.82, 2.24) is 9.78 Å². The number of rotatable bonds is 6. The summed E-state index contributed by atoms with van der Waals surface area (Å²) in [5.74, 6) is 0.403. The molecular formula is C25H21N3O3S. The molecule has 0 bridgehead atoms. The van der Waals surface area contributed by atoms with Gasteiger partial charge in [-0.15, -0.1) is 0 Å². The zero-order valence-corrected chi connectivity index (χ0v) is 18.4. The highest BCUT2D eigenvalue weighted by molar-refractivity contribution is 7.99. The minimum absolute atomic E-state index is 0.244. The number of amides is 1. The van der Waals surface area contributed by atoms with Crippen LogP contribution in [0.5, 0.6) is 5.75 Å². The van der Waals surface area contributed by atoms with Crippen LogP contribution in [0.4, 0.5) is 5.69 Å². The number of nitrogens with zero attached hydrogens (tertiary/aromatic N) is 2. The smallest absolute Gasteiger partial charge is 0.271 e. The lowest BCUT2D eigenvalue weighted by Crippen LogP contribution is -2.20. The molecule has 0 saturated carbocycles. The average Bonchev–Trinajstić information content (AvgIpc) is 2.82. The summed E-state index contributed by atoms with van der Waals surface area (Å²) in [5, 5.41) is 8.01. The minimum atomic E-state index is -0.256. The van der Waals surface area contributed by atoms with Gasteiger partial charge in [-0.1, -0.05) is 35.5 Å². The Bertz CT molecular complexity index is 1300. The first-order valence-electron chi connectivity index (χ1n) is 9.92. The molecule has 6 nitrogen and oxygen atoms in total. The monoisotopic (exact) mass is 443 g/mol. The van der Waals surface area contributed by atoms with Crippen molar-refractivity contribution in [2.75, 3.05) is 12.4 Å². The second-order valence-electron chi connectivity index (χ2n) is 7.07. The number of anilines is 1. The molecule has 4 aromatic rings. The lowest BCUT2D eigenvalue weighted by Gasteiger charge is -2.09. The van der Waals surface area contributed by atoms with E-state index in [2.05, 4.69) is 10.4 Å². The maximum atomic E-state index is 12.6. The molecule has 0 atom stereocenters. The van der Waals surface area contributed by atoms with Crippen molar-refractivity contribution in [2.45, 2.75) is 16.8 Å². The van der Waals surface area contributed by atoms with Gasteiger partial charge in [-0.25, -0.2) is 0 Å². The van der Waals surface area contributed by atoms with Crippen LogP contribution in [-0.2, 0) is 0 Å². The van der Waals surface area contributed by atoms with Crippen LogP contribution in [0, 0.1) is 6.92 Å². The van der Waals surface area contributed by atoms with E-state index in [1.54, 1.807) is 61.7 Å². The Morgan fingerprint density at radius 1 is 0.969 bits per heavy atom. The molecule has 0 aliphatic heterocycles. The summed E-state index contributed by atoms with van der Waals surface area (Å²) < 4.78 is 6.51. The van der Waals surface area contributed by atoms with E-state index >= 15 is 0 Å². The SMILES string of the molecule is COc1cccc(NC(=O)c2ccc(-n3nc(Sc4ccc(C)cc4)ccc3=O)cc2)c1. The van der Waals surface area contributed by atoms with E-state index in [1.165, 1.54) is 28.1 Å². The first kappa shape index (κ1) is 21.4. The van der Waals surface area contributed by atoms with Crippen molar-refractivity contribution in [3.63, 3.8) is 0 Å². The molecule has 4 rings (SSSR count). The summed E-state index contributed by atoms with van der Waals surface area (Å²) in [6.07, 6.45) is 0. The summed E-state index contributed by atoms with van der Waals surface area (Å²) >= 11 is 1.48. The number of hydrogen-bond acceptors (Lipinski definition) is 5. The molecule has 1 amide bonds. The van der Waals surface area contributed by atoms with Gasteiger partial charge >= 0.3 is 0 Å². The Hall–Kier alpha value is -3.84. The lowest BCUT2D eigenvalue weighted by molar-refractivity contribution is 0.102. The van der Waals surface area contributed by atoms with Gasteiger partial charge in [-0.3, -0.25) is 9.59 Å². The van der Waals surface area contributed by atoms with Gasteiger partial charge < -0.3 is 10.1 Å². The second-order valence-corrected chi connectivity index (χ2v) is 8.16. The van der Waals surface area contributed by atoms with Crippen molar-refractivity contribution in [3.05, 3.63) is 106 Å². The average molecular weight is 444 g/mol. The van der Waals surface area contributed by atoms with Crippen molar-refractivity contribution < 1.29 is 9.53 Å². The van der Waals surface area contributed by atoms with E-state index in [4.69, 9.17) is 4.74 Å². The zero-order chi connectivity index (χ0) is 22.5. The molecular weight excluding hydrogens is 422 g/mol. The number of hydrogen-bond donors (Lipinski definition) is 1. The molecule has 0 unspecified atom stereocenters. The third kappa shape index (κ3) is 5.07. The normalized spacial score (nSPS) is 10.6. The van der Waals surface area contributed by atoms with Crippen LogP contribution in [-0.4, -0.2) is 22.8 Å². The molecule has 0 aliphatic carbocycles. The van der Waals surface area contributed by atoms with E-state index in [0.29, 0.717) is 27.7 Å². The number of aromatic nitrogens is 2. The van der Waals surface area contributed by atoms with Crippen molar-refractivity contribution in [2.24, 2.45) is 0 Å². The Morgan fingerprint density at radius 3 is 2.44 bits per heavy atom. The van der Waals surface area contributed by atoms with Gasteiger partial charge in [0.1, 0.15) is 10.8 Å². The molecule has 7 heteroatoms. The predicted molar refractivity (Wildman–Crippen MR) is 126 cm³/mol. The number of benzene rings is 3. The van der Waals surface area contributed by atoms with Crippen LogP contribution in [0.25, 0.3) is 5.69 Å². The van der Waals surface area contributed by atoms with Crippen LogP contribution >= 0.6 is 11.8 Å². The maximum Gasteiger partial charge on any atom is 0.271 e. The highest BCUT2D eigenvalue weighted by Crippen LogP contribution is 2.25. The van der Waals surface area contributed by atoms with Gasteiger partial charge in [0.05, 0.1) is 12.8 Å². The van der Waals surface area contributed by atoms with E-state index in [-0.39, 0.29) is 11.5 Å². The topological polar surface area (TPSA) is 73.2 Å². The first-order valence-corrected chi connectivity index (χ1v) is 10.7. The fourth-order valence-electron chi connectivity index (χ4n) is 3.02. The quantitative estimate of drug-likeness (QED) is 0.456. The molecule has 160 valence electrons. The first-order chi connectivity index (χ1) is 15.5. The second kappa shape index (κ2) is 9.53. The molecule has 1 N–H and O–H groups in total. The third-order valence-electron chi connectivity index (χ3n) is 4.72. The van der Waals surface area contributed by atoms with Crippen LogP contribution in [0.1, 0.15) is 15.9 Å². The summed E-state index contributed by atoms with van der Waals surface area (Å²) in [7, 11) is 1.57. The molecule has 0 spiro atoms. The number of nitrogens with one attached hydrogen (secondary N) is 1.